The molecular formula is C10H10FN3S. The molecule has 15 heavy (non-hydrogen) atoms. The van der Waals surface area contributed by atoms with E-state index in [0.717, 1.165) is 5.01 Å². The number of thiazole rings is 1. The van der Waals surface area contributed by atoms with E-state index in [0.29, 0.717) is 17.9 Å². The number of nitrogens with zero attached hydrogens (tertiary/aromatic N) is 1. The number of aromatic nitrogens is 1. The van der Waals surface area contributed by atoms with Crippen molar-refractivity contribution in [2.75, 3.05) is 11.1 Å². The fraction of sp³-hybridized carbons (Fsp3) is 0.100. The van der Waals surface area contributed by atoms with Gasteiger partial charge in [-0.15, -0.1) is 11.3 Å². The SMILES string of the molecule is Nc1ccc(NCc2nccs2)c(F)c1. The van der Waals surface area contributed by atoms with Crippen molar-refractivity contribution in [2.24, 2.45) is 0 Å². The fourth-order valence-corrected chi connectivity index (χ4v) is 1.74. The lowest BCUT2D eigenvalue weighted by Gasteiger charge is -2.05. The van der Waals surface area contributed by atoms with Crippen molar-refractivity contribution in [3.63, 3.8) is 0 Å². The predicted molar refractivity (Wildman–Crippen MR) is 60.3 cm³/mol. The van der Waals surface area contributed by atoms with Crippen LogP contribution in [0.5, 0.6) is 0 Å². The molecule has 1 aromatic carbocycles. The molecule has 0 saturated carbocycles. The van der Waals surface area contributed by atoms with Gasteiger partial charge in [-0.3, -0.25) is 0 Å². The van der Waals surface area contributed by atoms with Gasteiger partial charge < -0.3 is 11.1 Å². The summed E-state index contributed by atoms with van der Waals surface area (Å²) in [6.45, 7) is 0.526. The van der Waals surface area contributed by atoms with E-state index in [9.17, 15) is 4.39 Å². The van der Waals surface area contributed by atoms with Crippen LogP contribution in [0.25, 0.3) is 0 Å². The van der Waals surface area contributed by atoms with Gasteiger partial charge in [-0.05, 0) is 18.2 Å². The molecule has 0 radical (unpaired) electrons. The summed E-state index contributed by atoms with van der Waals surface area (Å²) in [6.07, 6.45) is 1.72. The van der Waals surface area contributed by atoms with E-state index in [1.165, 1.54) is 17.4 Å². The molecule has 0 saturated heterocycles. The highest BCUT2D eigenvalue weighted by atomic mass is 32.1. The third kappa shape index (κ3) is 2.44. The summed E-state index contributed by atoms with van der Waals surface area (Å²) in [6, 6.07) is 4.58. The smallest absolute Gasteiger partial charge is 0.148 e. The van der Waals surface area contributed by atoms with E-state index in [4.69, 9.17) is 5.73 Å². The third-order valence-corrected chi connectivity index (χ3v) is 2.69. The topological polar surface area (TPSA) is 50.9 Å². The maximum atomic E-state index is 13.3. The van der Waals surface area contributed by atoms with Gasteiger partial charge in [-0.2, -0.15) is 0 Å². The Morgan fingerprint density at radius 1 is 1.47 bits per heavy atom. The summed E-state index contributed by atoms with van der Waals surface area (Å²) in [5.74, 6) is -0.341. The van der Waals surface area contributed by atoms with Gasteiger partial charge in [0.1, 0.15) is 10.8 Å². The fourth-order valence-electron chi connectivity index (χ4n) is 1.19. The molecule has 0 aliphatic rings. The van der Waals surface area contributed by atoms with Gasteiger partial charge in [0.15, 0.2) is 0 Å². The predicted octanol–water partition coefficient (Wildman–Crippen LogP) is 2.48. The number of nitrogens with two attached hydrogens (primary N) is 1. The number of halogens is 1. The number of hydrogen-bond acceptors (Lipinski definition) is 4. The van der Waals surface area contributed by atoms with Crippen molar-refractivity contribution in [2.45, 2.75) is 6.54 Å². The van der Waals surface area contributed by atoms with Crippen LogP contribution >= 0.6 is 11.3 Å². The number of hydrogen-bond donors (Lipinski definition) is 2. The van der Waals surface area contributed by atoms with Crippen LogP contribution in [0.3, 0.4) is 0 Å². The Morgan fingerprint density at radius 2 is 2.33 bits per heavy atom. The Morgan fingerprint density at radius 3 is 3.00 bits per heavy atom. The van der Waals surface area contributed by atoms with Gasteiger partial charge in [0.05, 0.1) is 12.2 Å². The molecule has 3 nitrogen and oxygen atoms in total. The largest absolute Gasteiger partial charge is 0.399 e. The second-order valence-electron chi connectivity index (χ2n) is 3.02. The molecule has 2 aromatic rings. The maximum absolute atomic E-state index is 13.3. The monoisotopic (exact) mass is 223 g/mol. The number of anilines is 2. The molecule has 1 heterocycles. The summed E-state index contributed by atoms with van der Waals surface area (Å²) in [4.78, 5) is 4.09. The summed E-state index contributed by atoms with van der Waals surface area (Å²) >= 11 is 1.53. The van der Waals surface area contributed by atoms with Crippen molar-refractivity contribution < 1.29 is 4.39 Å². The molecule has 0 aliphatic carbocycles. The van der Waals surface area contributed by atoms with Crippen LogP contribution in [0.1, 0.15) is 5.01 Å². The molecule has 1 aromatic heterocycles. The molecule has 0 amide bonds. The van der Waals surface area contributed by atoms with Crippen LogP contribution in [0, 0.1) is 5.82 Å². The molecule has 0 bridgehead atoms. The summed E-state index contributed by atoms with van der Waals surface area (Å²) in [7, 11) is 0. The van der Waals surface area contributed by atoms with Gasteiger partial charge in [0.2, 0.25) is 0 Å². The molecule has 0 spiro atoms. The average Bonchev–Trinajstić information content (AvgIpc) is 2.69. The first kappa shape index (κ1) is 9.92. The Balaban J connectivity index is 2.05. The summed E-state index contributed by atoms with van der Waals surface area (Å²) in [5.41, 5.74) is 6.31. The van der Waals surface area contributed by atoms with E-state index in [1.807, 2.05) is 5.38 Å². The standard InChI is InChI=1S/C10H10FN3S/c11-8-5-7(12)1-2-9(8)14-6-10-13-3-4-15-10/h1-5,14H,6,12H2. The highest BCUT2D eigenvalue weighted by Crippen LogP contribution is 2.18. The Labute approximate surface area is 90.8 Å². The van der Waals surface area contributed by atoms with Crippen molar-refractivity contribution in [3.8, 4) is 0 Å². The quantitative estimate of drug-likeness (QED) is 0.786. The number of benzene rings is 1. The minimum Gasteiger partial charge on any atom is -0.399 e. The van der Waals surface area contributed by atoms with Gasteiger partial charge in [0.25, 0.3) is 0 Å². The van der Waals surface area contributed by atoms with Gasteiger partial charge in [-0.1, -0.05) is 0 Å². The molecule has 0 aliphatic heterocycles. The number of nitrogen functional groups attached to an aromatic ring is 1. The zero-order valence-corrected chi connectivity index (χ0v) is 8.72. The van der Waals surface area contributed by atoms with E-state index in [2.05, 4.69) is 10.3 Å². The molecule has 2 rings (SSSR count). The van der Waals surface area contributed by atoms with Crippen LogP contribution in [0.4, 0.5) is 15.8 Å². The Kier molecular flexibility index (Phi) is 2.82. The zero-order chi connectivity index (χ0) is 10.7. The molecule has 0 fully saturated rings. The molecule has 5 heteroatoms. The molecule has 3 N–H and O–H groups in total. The normalized spacial score (nSPS) is 10.2. The highest BCUT2D eigenvalue weighted by molar-refractivity contribution is 7.09. The van der Waals surface area contributed by atoms with Gasteiger partial charge in [-0.25, -0.2) is 9.37 Å². The van der Waals surface area contributed by atoms with Gasteiger partial charge in [0, 0.05) is 17.3 Å². The van der Waals surface area contributed by atoms with Crippen LogP contribution in [-0.4, -0.2) is 4.98 Å². The summed E-state index contributed by atoms with van der Waals surface area (Å²) in [5, 5.41) is 5.77. The third-order valence-electron chi connectivity index (χ3n) is 1.91. The lowest BCUT2D eigenvalue weighted by atomic mass is 10.2. The molecular weight excluding hydrogens is 213 g/mol. The van der Waals surface area contributed by atoms with Gasteiger partial charge >= 0.3 is 0 Å². The molecule has 0 atom stereocenters. The second-order valence-corrected chi connectivity index (χ2v) is 4.00. The van der Waals surface area contributed by atoms with Crippen LogP contribution < -0.4 is 11.1 Å². The summed E-state index contributed by atoms with van der Waals surface area (Å²) < 4.78 is 13.3. The van der Waals surface area contributed by atoms with E-state index >= 15 is 0 Å². The zero-order valence-electron chi connectivity index (χ0n) is 7.90. The maximum Gasteiger partial charge on any atom is 0.148 e. The molecule has 0 unspecified atom stereocenters. The average molecular weight is 223 g/mol. The number of rotatable bonds is 3. The van der Waals surface area contributed by atoms with E-state index < -0.39 is 0 Å². The minimum absolute atomic E-state index is 0.341. The second kappa shape index (κ2) is 4.27. The van der Waals surface area contributed by atoms with E-state index in [1.54, 1.807) is 18.3 Å². The van der Waals surface area contributed by atoms with Crippen molar-refractivity contribution >= 4 is 22.7 Å². The lowest BCUT2D eigenvalue weighted by molar-refractivity contribution is 0.631. The molecule has 78 valence electrons. The van der Waals surface area contributed by atoms with Crippen molar-refractivity contribution in [1.82, 2.24) is 4.98 Å². The Bertz CT molecular complexity index is 442. The first-order chi connectivity index (χ1) is 7.25. The van der Waals surface area contributed by atoms with Crippen molar-refractivity contribution in [1.29, 1.82) is 0 Å². The minimum atomic E-state index is -0.341. The first-order valence-electron chi connectivity index (χ1n) is 4.43. The Hall–Kier alpha value is -1.62. The van der Waals surface area contributed by atoms with Crippen molar-refractivity contribution in [3.05, 3.63) is 40.6 Å². The lowest BCUT2D eigenvalue weighted by Crippen LogP contribution is -2.01. The van der Waals surface area contributed by atoms with Crippen LogP contribution in [-0.2, 0) is 6.54 Å². The number of nitrogens with one attached hydrogen (secondary N) is 1. The highest BCUT2D eigenvalue weighted by Gasteiger charge is 2.02. The van der Waals surface area contributed by atoms with Crippen LogP contribution in [0.15, 0.2) is 29.8 Å². The van der Waals surface area contributed by atoms with E-state index in [-0.39, 0.29) is 5.82 Å². The first-order valence-corrected chi connectivity index (χ1v) is 5.31. The van der Waals surface area contributed by atoms with Crippen LogP contribution in [0.2, 0.25) is 0 Å².